The summed E-state index contributed by atoms with van der Waals surface area (Å²) in [4.78, 5) is 43.7. The van der Waals surface area contributed by atoms with Crippen molar-refractivity contribution in [3.8, 4) is 0 Å². The molecule has 3 heterocycles. The summed E-state index contributed by atoms with van der Waals surface area (Å²) in [7, 11) is 0. The highest BCUT2D eigenvalue weighted by Gasteiger charge is 2.27. The molecule has 0 saturated carbocycles. The van der Waals surface area contributed by atoms with Crippen LogP contribution in [0.2, 0.25) is 0 Å². The number of pyridine rings is 1. The minimum absolute atomic E-state index is 0.0901. The third-order valence-corrected chi connectivity index (χ3v) is 8.64. The van der Waals surface area contributed by atoms with E-state index in [-0.39, 0.29) is 23.5 Å². The third kappa shape index (κ3) is 10.7. The molecule has 5 rings (SSSR count). The van der Waals surface area contributed by atoms with E-state index in [9.17, 15) is 23.2 Å². The van der Waals surface area contributed by atoms with Crippen LogP contribution >= 0.6 is 0 Å². The number of piperazine rings is 1. The Labute approximate surface area is 274 Å². The fourth-order valence-electron chi connectivity index (χ4n) is 5.96. The van der Waals surface area contributed by atoms with Gasteiger partial charge in [0.25, 0.3) is 5.91 Å². The van der Waals surface area contributed by atoms with Crippen molar-refractivity contribution in [3.63, 3.8) is 0 Å². The maximum atomic E-state index is 13.5. The number of halogens is 2. The molecule has 0 radical (unpaired) electrons. The molecule has 2 fully saturated rings. The van der Waals surface area contributed by atoms with Gasteiger partial charge in [-0.05, 0) is 85.7 Å². The average molecular weight is 649 g/mol. The highest BCUT2D eigenvalue weighted by Crippen LogP contribution is 2.30. The molecule has 1 amide bonds. The number of aromatic nitrogens is 1. The van der Waals surface area contributed by atoms with Gasteiger partial charge in [-0.25, -0.2) is 23.4 Å². The SMILES string of the molecule is CC1CCN(C(=O)c2cccnc2N2CCN(CCCC(c3ccc(F)cc3)c3ccc(F)cc3)CC2)CC1.O=C(O)C=CC(=O)O. The van der Waals surface area contributed by atoms with Gasteiger partial charge in [0.15, 0.2) is 0 Å². The first kappa shape index (κ1) is 35.2. The number of hydrogen-bond acceptors (Lipinski definition) is 6. The zero-order valence-corrected chi connectivity index (χ0v) is 26.6. The van der Waals surface area contributed by atoms with Gasteiger partial charge in [-0.2, -0.15) is 0 Å². The summed E-state index contributed by atoms with van der Waals surface area (Å²) in [5.41, 5.74) is 2.80. The minimum Gasteiger partial charge on any atom is -0.478 e. The van der Waals surface area contributed by atoms with Crippen LogP contribution in [0.4, 0.5) is 14.6 Å². The van der Waals surface area contributed by atoms with Gasteiger partial charge >= 0.3 is 11.9 Å². The average Bonchev–Trinajstić information content (AvgIpc) is 3.07. The first-order valence-electron chi connectivity index (χ1n) is 16.0. The number of likely N-dealkylation sites (tertiary alicyclic amines) is 1. The molecule has 3 aromatic rings. The molecule has 47 heavy (non-hydrogen) atoms. The number of carbonyl (C=O) groups excluding carboxylic acids is 1. The first-order chi connectivity index (χ1) is 22.6. The molecule has 11 heteroatoms. The van der Waals surface area contributed by atoms with E-state index in [2.05, 4.69) is 21.7 Å². The van der Waals surface area contributed by atoms with Crippen molar-refractivity contribution in [2.75, 3.05) is 50.7 Å². The molecule has 0 aliphatic carbocycles. The van der Waals surface area contributed by atoms with Crippen LogP contribution in [-0.4, -0.2) is 88.7 Å². The minimum atomic E-state index is -1.26. The van der Waals surface area contributed by atoms with Gasteiger partial charge in [-0.3, -0.25) is 9.69 Å². The molecular formula is C36H42F2N4O5. The fourth-order valence-corrected chi connectivity index (χ4v) is 5.96. The predicted molar refractivity (Wildman–Crippen MR) is 175 cm³/mol. The Morgan fingerprint density at radius 1 is 0.830 bits per heavy atom. The Kier molecular flexibility index (Phi) is 13.0. The van der Waals surface area contributed by atoms with E-state index < -0.39 is 11.9 Å². The van der Waals surface area contributed by atoms with Crippen LogP contribution in [-0.2, 0) is 9.59 Å². The summed E-state index contributed by atoms with van der Waals surface area (Å²) in [5, 5.41) is 15.6. The second-order valence-corrected chi connectivity index (χ2v) is 12.0. The van der Waals surface area contributed by atoms with Gasteiger partial charge in [0.05, 0.1) is 5.56 Å². The summed E-state index contributed by atoms with van der Waals surface area (Å²) in [5.74, 6) is -1.35. The van der Waals surface area contributed by atoms with Crippen LogP contribution in [0.1, 0.15) is 60.0 Å². The Bertz CT molecular complexity index is 1440. The Morgan fingerprint density at radius 3 is 1.87 bits per heavy atom. The highest BCUT2D eigenvalue weighted by atomic mass is 19.1. The molecule has 2 aliphatic heterocycles. The van der Waals surface area contributed by atoms with Crippen LogP contribution in [0.25, 0.3) is 0 Å². The largest absolute Gasteiger partial charge is 0.478 e. The predicted octanol–water partition coefficient (Wildman–Crippen LogP) is 5.68. The fraction of sp³-hybridized carbons (Fsp3) is 0.389. The van der Waals surface area contributed by atoms with E-state index in [0.29, 0.717) is 23.6 Å². The van der Waals surface area contributed by atoms with Crippen LogP contribution in [0.5, 0.6) is 0 Å². The van der Waals surface area contributed by atoms with Gasteiger partial charge in [-0.1, -0.05) is 31.2 Å². The number of carboxylic acid groups (broad SMARTS) is 2. The topological polar surface area (TPSA) is 114 Å². The van der Waals surface area contributed by atoms with Crippen LogP contribution in [0.15, 0.2) is 79.0 Å². The molecule has 2 N–H and O–H groups in total. The molecule has 250 valence electrons. The molecule has 0 atom stereocenters. The number of benzene rings is 2. The monoisotopic (exact) mass is 648 g/mol. The van der Waals surface area contributed by atoms with Crippen molar-refractivity contribution in [3.05, 3.63) is 107 Å². The summed E-state index contributed by atoms with van der Waals surface area (Å²) < 4.78 is 27.1. The number of nitrogens with zero attached hydrogens (tertiary/aromatic N) is 4. The van der Waals surface area contributed by atoms with Gasteiger partial charge < -0.3 is 20.0 Å². The summed E-state index contributed by atoms with van der Waals surface area (Å²) in [6, 6.07) is 17.1. The zero-order chi connectivity index (χ0) is 33.8. The molecule has 0 bridgehead atoms. The van der Waals surface area contributed by atoms with Crippen molar-refractivity contribution in [2.45, 2.75) is 38.5 Å². The van der Waals surface area contributed by atoms with Crippen LogP contribution < -0.4 is 4.90 Å². The van der Waals surface area contributed by atoms with Crippen molar-refractivity contribution < 1.29 is 33.4 Å². The summed E-state index contributed by atoms with van der Waals surface area (Å²) in [6.07, 6.45) is 6.88. The van der Waals surface area contributed by atoms with Crippen molar-refractivity contribution in [1.29, 1.82) is 0 Å². The number of carbonyl (C=O) groups is 3. The number of amides is 1. The van der Waals surface area contributed by atoms with Gasteiger partial charge in [-0.15, -0.1) is 0 Å². The van der Waals surface area contributed by atoms with Crippen molar-refractivity contribution >= 4 is 23.7 Å². The van der Waals surface area contributed by atoms with Gasteiger partial charge in [0.1, 0.15) is 17.5 Å². The smallest absolute Gasteiger partial charge is 0.328 e. The number of piperidine rings is 1. The molecule has 2 aromatic carbocycles. The van der Waals surface area contributed by atoms with E-state index in [0.717, 1.165) is 88.4 Å². The number of aliphatic carboxylic acids is 2. The van der Waals surface area contributed by atoms with Gasteiger partial charge in [0.2, 0.25) is 0 Å². The molecule has 2 saturated heterocycles. The van der Waals surface area contributed by atoms with Crippen molar-refractivity contribution in [1.82, 2.24) is 14.8 Å². The standard InChI is InChI=1S/C32H38F2N4O.C4H4O4/c1-24-14-18-38(19-15-24)32(39)30-4-2-16-35-31(30)37-22-20-36(21-23-37)17-3-5-29(25-6-10-27(33)11-7-25)26-8-12-28(34)13-9-26;5-3(6)1-2-4(7)8/h2,4,6-13,16,24,29H,3,5,14-15,17-23H2,1H3;1-2H,(H,5,6)(H,7,8). The third-order valence-electron chi connectivity index (χ3n) is 8.64. The summed E-state index contributed by atoms with van der Waals surface area (Å²) >= 11 is 0. The molecule has 1 aromatic heterocycles. The van der Waals surface area contributed by atoms with E-state index in [1.54, 1.807) is 6.20 Å². The van der Waals surface area contributed by atoms with E-state index in [1.165, 1.54) is 24.3 Å². The Balaban J connectivity index is 0.000000555. The number of anilines is 1. The first-order valence-corrected chi connectivity index (χ1v) is 16.0. The lowest BCUT2D eigenvalue weighted by Gasteiger charge is -2.37. The molecule has 2 aliphatic rings. The Hall–Kier alpha value is -4.64. The molecule has 0 unspecified atom stereocenters. The van der Waals surface area contributed by atoms with Crippen LogP contribution in [0.3, 0.4) is 0 Å². The molecule has 9 nitrogen and oxygen atoms in total. The summed E-state index contributed by atoms with van der Waals surface area (Å²) in [6.45, 7) is 8.31. The van der Waals surface area contributed by atoms with E-state index in [1.807, 2.05) is 41.3 Å². The van der Waals surface area contributed by atoms with Gasteiger partial charge in [0, 0.05) is 63.5 Å². The normalized spacial score (nSPS) is 15.8. The van der Waals surface area contributed by atoms with E-state index >= 15 is 0 Å². The lowest BCUT2D eigenvalue weighted by atomic mass is 9.87. The second kappa shape index (κ2) is 17.3. The maximum absolute atomic E-state index is 13.5. The lowest BCUT2D eigenvalue weighted by Crippen LogP contribution is -2.47. The number of carboxylic acids is 2. The molecule has 0 spiro atoms. The second-order valence-electron chi connectivity index (χ2n) is 12.0. The lowest BCUT2D eigenvalue weighted by molar-refractivity contribution is -0.134. The molecular weight excluding hydrogens is 606 g/mol. The highest BCUT2D eigenvalue weighted by molar-refractivity contribution is 5.99. The number of hydrogen-bond donors (Lipinski definition) is 2. The Morgan fingerprint density at radius 2 is 1.36 bits per heavy atom. The number of rotatable bonds is 10. The quantitative estimate of drug-likeness (QED) is 0.270. The van der Waals surface area contributed by atoms with Crippen LogP contribution in [0, 0.1) is 17.6 Å². The van der Waals surface area contributed by atoms with E-state index in [4.69, 9.17) is 10.2 Å². The van der Waals surface area contributed by atoms with Crippen molar-refractivity contribution in [2.24, 2.45) is 5.92 Å². The maximum Gasteiger partial charge on any atom is 0.328 e. The zero-order valence-electron chi connectivity index (χ0n) is 26.6.